The van der Waals surface area contributed by atoms with Crippen molar-refractivity contribution in [3.05, 3.63) is 59.8 Å². The maximum Gasteiger partial charge on any atom is 0.309 e. The summed E-state index contributed by atoms with van der Waals surface area (Å²) in [5.41, 5.74) is 2.41. The lowest BCUT2D eigenvalue weighted by Gasteiger charge is -2.38. The average Bonchev–Trinajstić information content (AvgIpc) is 3.39. The van der Waals surface area contributed by atoms with Crippen LogP contribution in [0.1, 0.15) is 124 Å². The molecule has 5 heterocycles. The van der Waals surface area contributed by atoms with Crippen molar-refractivity contribution in [1.29, 1.82) is 0 Å². The van der Waals surface area contributed by atoms with Gasteiger partial charge in [-0.25, -0.2) is 0 Å². The van der Waals surface area contributed by atoms with E-state index in [1.165, 1.54) is 50.8 Å². The summed E-state index contributed by atoms with van der Waals surface area (Å²) in [6.45, 7) is 12.7. The molecule has 4 saturated heterocycles. The molecule has 5 aliphatic heterocycles. The zero-order valence-electron chi connectivity index (χ0n) is 31.6. The Morgan fingerprint density at radius 2 is 1.50 bits per heavy atom. The summed E-state index contributed by atoms with van der Waals surface area (Å²) in [5, 5.41) is 0. The van der Waals surface area contributed by atoms with Gasteiger partial charge in [-0.3, -0.25) is 9.59 Å². The summed E-state index contributed by atoms with van der Waals surface area (Å²) in [6.07, 6.45) is 31.8. The molecule has 278 valence electrons. The first-order chi connectivity index (χ1) is 24.2. The molecule has 7 heteroatoms. The Morgan fingerprint density at radius 1 is 0.800 bits per heavy atom. The Morgan fingerprint density at radius 3 is 2.24 bits per heavy atom. The maximum absolute atomic E-state index is 13.3. The number of hydrogen-bond donors (Lipinski definition) is 0. The van der Waals surface area contributed by atoms with E-state index in [1.54, 1.807) is 0 Å². The fourth-order valence-electron chi connectivity index (χ4n) is 8.64. The molecule has 0 N–H and O–H groups in total. The summed E-state index contributed by atoms with van der Waals surface area (Å²) >= 11 is 0. The summed E-state index contributed by atoms with van der Waals surface area (Å²) in [4.78, 5) is 31.1. The van der Waals surface area contributed by atoms with E-state index in [9.17, 15) is 9.59 Å². The Labute approximate surface area is 303 Å². The van der Waals surface area contributed by atoms with Crippen molar-refractivity contribution in [3.63, 3.8) is 0 Å². The largest absolute Gasteiger partial charge is 0.457 e. The zero-order valence-corrected chi connectivity index (χ0v) is 31.6. The molecule has 5 rings (SSSR count). The quantitative estimate of drug-likeness (QED) is 0.158. The number of carbonyl (C=O) groups excluding carboxylic acids is 2. The second kappa shape index (κ2) is 19.9. The lowest BCUT2D eigenvalue weighted by atomic mass is 9.90. The van der Waals surface area contributed by atoms with Crippen molar-refractivity contribution in [1.82, 2.24) is 9.80 Å². The van der Waals surface area contributed by atoms with E-state index in [4.69, 9.17) is 14.2 Å². The highest BCUT2D eigenvalue weighted by Crippen LogP contribution is 2.33. The molecule has 4 bridgehead atoms. The number of amides is 1. The van der Waals surface area contributed by atoms with Crippen LogP contribution in [0.5, 0.6) is 0 Å². The van der Waals surface area contributed by atoms with Crippen molar-refractivity contribution in [2.24, 2.45) is 11.8 Å². The van der Waals surface area contributed by atoms with Gasteiger partial charge in [-0.2, -0.15) is 0 Å². The standard InChI is InChI=1S/C43H66N2O5/c1-5-35-28-39-30-38-16-13-15-37(48-38)26-33(3)18-19-34(4)41(50-43(47)31-40(29-35)49-39)17-10-8-9-14-32(2)27-42(46)45-24-20-36(21-25-45)44-22-11-6-7-12-23-44/h5,8-10,14,17-19,33-34,36-41H,6-7,11-13,15-16,20-31H2,1-4H3. The molecule has 0 saturated carbocycles. The minimum Gasteiger partial charge on any atom is -0.457 e. The monoisotopic (exact) mass is 690 g/mol. The third-order valence-electron chi connectivity index (χ3n) is 11.6. The van der Waals surface area contributed by atoms with Crippen LogP contribution in [0.15, 0.2) is 59.8 Å². The predicted octanol–water partition coefficient (Wildman–Crippen LogP) is 8.66. The highest BCUT2D eigenvalue weighted by molar-refractivity contribution is 5.78. The molecule has 7 atom stereocenters. The first-order valence-electron chi connectivity index (χ1n) is 20.1. The van der Waals surface area contributed by atoms with Gasteiger partial charge in [-0.1, -0.05) is 80.4 Å². The van der Waals surface area contributed by atoms with Crippen LogP contribution in [0, 0.1) is 11.8 Å². The fourth-order valence-corrected chi connectivity index (χ4v) is 8.64. The molecule has 0 radical (unpaired) electrons. The molecule has 0 aliphatic carbocycles. The van der Waals surface area contributed by atoms with E-state index in [2.05, 4.69) is 48.8 Å². The number of nitrogens with zero attached hydrogens (tertiary/aromatic N) is 2. The number of fused-ring (bicyclic) bond motifs is 4. The van der Waals surface area contributed by atoms with Gasteiger partial charge in [0.1, 0.15) is 6.10 Å². The lowest BCUT2D eigenvalue weighted by Crippen LogP contribution is -2.47. The first kappa shape index (κ1) is 38.7. The Balaban J connectivity index is 1.16. The van der Waals surface area contributed by atoms with Gasteiger partial charge in [-0.05, 0) is 103 Å². The van der Waals surface area contributed by atoms with Crippen LogP contribution in [-0.2, 0) is 23.8 Å². The third-order valence-corrected chi connectivity index (χ3v) is 11.6. The summed E-state index contributed by atoms with van der Waals surface area (Å²) < 4.78 is 19.2. The van der Waals surface area contributed by atoms with Crippen LogP contribution in [0.3, 0.4) is 0 Å². The summed E-state index contributed by atoms with van der Waals surface area (Å²) in [6, 6.07) is 0.640. The Hall–Kier alpha value is -2.48. The second-order valence-electron chi connectivity index (χ2n) is 15.9. The predicted molar refractivity (Wildman–Crippen MR) is 202 cm³/mol. The number of carbonyl (C=O) groups is 2. The molecule has 4 fully saturated rings. The number of rotatable bonds is 6. The van der Waals surface area contributed by atoms with Gasteiger partial charge in [0.25, 0.3) is 0 Å². The van der Waals surface area contributed by atoms with Crippen LogP contribution >= 0.6 is 0 Å². The Bertz CT molecular complexity index is 1240. The molecule has 50 heavy (non-hydrogen) atoms. The molecule has 0 aromatic carbocycles. The van der Waals surface area contributed by atoms with Crippen molar-refractivity contribution in [3.8, 4) is 0 Å². The topological polar surface area (TPSA) is 68.3 Å². The molecule has 0 aromatic rings. The minimum absolute atomic E-state index is 0.0171. The van der Waals surface area contributed by atoms with E-state index < -0.39 is 0 Å². The van der Waals surface area contributed by atoms with Gasteiger partial charge in [0, 0.05) is 37.9 Å². The Kier molecular flexibility index (Phi) is 15.5. The van der Waals surface area contributed by atoms with Gasteiger partial charge >= 0.3 is 5.97 Å². The van der Waals surface area contributed by atoms with Crippen molar-refractivity contribution in [2.45, 2.75) is 161 Å². The van der Waals surface area contributed by atoms with Crippen molar-refractivity contribution < 1.29 is 23.8 Å². The van der Waals surface area contributed by atoms with Crippen LogP contribution < -0.4 is 0 Å². The van der Waals surface area contributed by atoms with E-state index in [0.717, 1.165) is 70.0 Å². The molecular weight excluding hydrogens is 624 g/mol. The van der Waals surface area contributed by atoms with Gasteiger partial charge in [0.05, 0.1) is 30.8 Å². The molecule has 7 unspecified atom stereocenters. The zero-order chi connectivity index (χ0) is 35.3. The van der Waals surface area contributed by atoms with Gasteiger partial charge < -0.3 is 24.0 Å². The minimum atomic E-state index is -0.386. The third kappa shape index (κ3) is 12.3. The first-order valence-corrected chi connectivity index (χ1v) is 20.1. The highest BCUT2D eigenvalue weighted by atomic mass is 16.5. The van der Waals surface area contributed by atoms with E-state index >= 15 is 0 Å². The summed E-state index contributed by atoms with van der Waals surface area (Å²) in [7, 11) is 0. The van der Waals surface area contributed by atoms with E-state index in [0.29, 0.717) is 18.4 Å². The molecule has 7 nitrogen and oxygen atoms in total. The molecule has 0 aromatic heterocycles. The van der Waals surface area contributed by atoms with Crippen molar-refractivity contribution >= 4 is 11.9 Å². The number of esters is 1. The lowest BCUT2D eigenvalue weighted by molar-refractivity contribution is -0.154. The van der Waals surface area contributed by atoms with Gasteiger partial charge in [0.2, 0.25) is 5.91 Å². The maximum atomic E-state index is 13.3. The van der Waals surface area contributed by atoms with Crippen LogP contribution in [0.4, 0.5) is 0 Å². The van der Waals surface area contributed by atoms with E-state index in [-0.39, 0.29) is 54.7 Å². The number of likely N-dealkylation sites (tertiary alicyclic amines) is 2. The smallest absolute Gasteiger partial charge is 0.309 e. The highest BCUT2D eigenvalue weighted by Gasteiger charge is 2.33. The molecule has 1 amide bonds. The summed E-state index contributed by atoms with van der Waals surface area (Å²) in [5.74, 6) is 0.405. The van der Waals surface area contributed by atoms with Crippen LogP contribution in [-0.4, -0.2) is 84.4 Å². The fraction of sp³-hybridized carbons (Fsp3) is 0.721. The van der Waals surface area contributed by atoms with Gasteiger partial charge in [-0.15, -0.1) is 0 Å². The van der Waals surface area contributed by atoms with E-state index in [1.807, 2.05) is 37.3 Å². The SMILES string of the molecule is CC=C1CC2CC(=O)OC(C=CC=CC=C(C)CC(=O)N3CCC(N4CCCCCC4)CC3)C(C)C=CC(C)CC3CCCC(CC(C1)O2)O3. The number of hydrogen-bond acceptors (Lipinski definition) is 6. The normalized spacial score (nSPS) is 34.3. The number of ether oxygens (including phenoxy) is 3. The number of cyclic esters (lactones) is 1. The molecule has 5 aliphatic rings. The van der Waals surface area contributed by atoms with Crippen LogP contribution in [0.25, 0.3) is 0 Å². The van der Waals surface area contributed by atoms with Gasteiger partial charge in [0.15, 0.2) is 0 Å². The van der Waals surface area contributed by atoms with Crippen molar-refractivity contribution in [2.75, 3.05) is 26.2 Å². The van der Waals surface area contributed by atoms with Crippen LogP contribution in [0.2, 0.25) is 0 Å². The number of allylic oxidation sites excluding steroid dienone is 6. The molecular formula is C43H66N2O5. The second-order valence-corrected chi connectivity index (χ2v) is 15.9. The molecule has 0 spiro atoms. The number of piperidine rings is 1. The average molecular weight is 691 g/mol.